The molecule has 1 aliphatic rings. The number of aryl methyl sites for hydroxylation is 1. The molecule has 21 heavy (non-hydrogen) atoms. The lowest BCUT2D eigenvalue weighted by Crippen LogP contribution is -2.20. The Balaban J connectivity index is 1.67. The summed E-state index contributed by atoms with van der Waals surface area (Å²) in [6.45, 7) is 0.681. The SMILES string of the molecule is CN(Cc1noc2ccccc12)c1ncnc2c1CCC2. The van der Waals surface area contributed by atoms with Gasteiger partial charge < -0.3 is 9.42 Å². The Hall–Kier alpha value is -2.43. The molecule has 0 bridgehead atoms. The van der Waals surface area contributed by atoms with Crippen molar-refractivity contribution in [1.29, 1.82) is 0 Å². The lowest BCUT2D eigenvalue weighted by molar-refractivity contribution is 0.445. The van der Waals surface area contributed by atoms with Crippen molar-refractivity contribution in [1.82, 2.24) is 15.1 Å². The minimum absolute atomic E-state index is 0.681. The van der Waals surface area contributed by atoms with Crippen LogP contribution in [0.1, 0.15) is 23.4 Å². The number of para-hydroxylation sites is 1. The average Bonchev–Trinajstić information content (AvgIpc) is 3.14. The van der Waals surface area contributed by atoms with Crippen LogP contribution in [0, 0.1) is 0 Å². The fourth-order valence-corrected chi connectivity index (χ4v) is 3.02. The first-order chi connectivity index (χ1) is 10.3. The fraction of sp³-hybridized carbons (Fsp3) is 0.312. The molecule has 1 aromatic carbocycles. The van der Waals surface area contributed by atoms with Crippen LogP contribution in [0.15, 0.2) is 35.1 Å². The molecule has 0 atom stereocenters. The molecule has 5 heteroatoms. The summed E-state index contributed by atoms with van der Waals surface area (Å²) in [4.78, 5) is 11.0. The van der Waals surface area contributed by atoms with Crippen LogP contribution in [0.4, 0.5) is 5.82 Å². The van der Waals surface area contributed by atoms with E-state index >= 15 is 0 Å². The Morgan fingerprint density at radius 1 is 1.19 bits per heavy atom. The molecule has 3 aromatic rings. The van der Waals surface area contributed by atoms with Gasteiger partial charge in [0, 0.05) is 23.7 Å². The highest BCUT2D eigenvalue weighted by Crippen LogP contribution is 2.28. The smallest absolute Gasteiger partial charge is 0.167 e. The summed E-state index contributed by atoms with van der Waals surface area (Å²) in [6.07, 6.45) is 4.96. The van der Waals surface area contributed by atoms with E-state index in [0.717, 1.165) is 35.3 Å². The first-order valence-corrected chi connectivity index (χ1v) is 7.20. The van der Waals surface area contributed by atoms with Crippen molar-refractivity contribution in [2.24, 2.45) is 0 Å². The summed E-state index contributed by atoms with van der Waals surface area (Å²) in [6, 6.07) is 7.94. The van der Waals surface area contributed by atoms with Gasteiger partial charge in [0.2, 0.25) is 0 Å². The lowest BCUT2D eigenvalue weighted by Gasteiger charge is -2.19. The van der Waals surface area contributed by atoms with Crippen molar-refractivity contribution in [2.75, 3.05) is 11.9 Å². The summed E-state index contributed by atoms with van der Waals surface area (Å²) in [7, 11) is 2.05. The van der Waals surface area contributed by atoms with Crippen LogP contribution in [0.2, 0.25) is 0 Å². The Labute approximate surface area is 122 Å². The molecule has 5 nitrogen and oxygen atoms in total. The predicted molar refractivity (Wildman–Crippen MR) is 80.2 cm³/mol. The van der Waals surface area contributed by atoms with E-state index in [-0.39, 0.29) is 0 Å². The maximum Gasteiger partial charge on any atom is 0.167 e. The van der Waals surface area contributed by atoms with Crippen molar-refractivity contribution < 1.29 is 4.52 Å². The van der Waals surface area contributed by atoms with Gasteiger partial charge in [0.25, 0.3) is 0 Å². The summed E-state index contributed by atoms with van der Waals surface area (Å²) < 4.78 is 5.37. The van der Waals surface area contributed by atoms with Gasteiger partial charge in [-0.15, -0.1) is 0 Å². The zero-order valence-corrected chi connectivity index (χ0v) is 11.9. The highest BCUT2D eigenvalue weighted by Gasteiger charge is 2.20. The van der Waals surface area contributed by atoms with Gasteiger partial charge in [-0.1, -0.05) is 17.3 Å². The van der Waals surface area contributed by atoms with Crippen molar-refractivity contribution in [2.45, 2.75) is 25.8 Å². The van der Waals surface area contributed by atoms with Crippen LogP contribution >= 0.6 is 0 Å². The average molecular weight is 280 g/mol. The van der Waals surface area contributed by atoms with Gasteiger partial charge in [0.05, 0.1) is 6.54 Å². The van der Waals surface area contributed by atoms with Crippen LogP contribution in [0.3, 0.4) is 0 Å². The van der Waals surface area contributed by atoms with E-state index in [1.165, 1.54) is 17.7 Å². The molecule has 0 fully saturated rings. The lowest BCUT2D eigenvalue weighted by atomic mass is 10.2. The topological polar surface area (TPSA) is 55.1 Å². The minimum Gasteiger partial charge on any atom is -0.356 e. The zero-order valence-electron chi connectivity index (χ0n) is 11.9. The van der Waals surface area contributed by atoms with E-state index in [2.05, 4.69) is 20.0 Å². The Morgan fingerprint density at radius 2 is 2.10 bits per heavy atom. The first kappa shape index (κ1) is 12.3. The summed E-state index contributed by atoms with van der Waals surface area (Å²) in [5.41, 5.74) is 4.25. The second-order valence-electron chi connectivity index (χ2n) is 5.46. The monoisotopic (exact) mass is 280 g/mol. The molecule has 0 amide bonds. The molecule has 0 radical (unpaired) electrons. The van der Waals surface area contributed by atoms with Crippen LogP contribution in [0.25, 0.3) is 11.0 Å². The number of rotatable bonds is 3. The second kappa shape index (κ2) is 4.84. The molecule has 0 saturated heterocycles. The molecule has 0 N–H and O–H groups in total. The maximum atomic E-state index is 5.37. The highest BCUT2D eigenvalue weighted by atomic mass is 16.5. The van der Waals surface area contributed by atoms with Gasteiger partial charge in [-0.25, -0.2) is 9.97 Å². The number of benzene rings is 1. The second-order valence-corrected chi connectivity index (χ2v) is 5.46. The molecule has 0 unspecified atom stereocenters. The fourth-order valence-electron chi connectivity index (χ4n) is 3.02. The number of hydrogen-bond acceptors (Lipinski definition) is 5. The predicted octanol–water partition coefficient (Wildman–Crippen LogP) is 2.74. The van der Waals surface area contributed by atoms with E-state index in [4.69, 9.17) is 4.52 Å². The number of nitrogens with zero attached hydrogens (tertiary/aromatic N) is 4. The number of fused-ring (bicyclic) bond motifs is 2. The van der Waals surface area contributed by atoms with E-state index in [0.29, 0.717) is 6.54 Å². The van der Waals surface area contributed by atoms with Gasteiger partial charge in [0.1, 0.15) is 17.8 Å². The Kier molecular flexibility index (Phi) is 2.84. The van der Waals surface area contributed by atoms with E-state index in [1.54, 1.807) is 6.33 Å². The summed E-state index contributed by atoms with van der Waals surface area (Å²) in [5.74, 6) is 1.02. The first-order valence-electron chi connectivity index (χ1n) is 7.20. The third kappa shape index (κ3) is 2.05. The van der Waals surface area contributed by atoms with E-state index < -0.39 is 0 Å². The summed E-state index contributed by atoms with van der Waals surface area (Å²) >= 11 is 0. The van der Waals surface area contributed by atoms with Crippen LogP contribution < -0.4 is 4.90 Å². The van der Waals surface area contributed by atoms with E-state index in [9.17, 15) is 0 Å². The van der Waals surface area contributed by atoms with Crippen LogP contribution in [-0.4, -0.2) is 22.2 Å². The Bertz CT molecular complexity index is 796. The van der Waals surface area contributed by atoms with Gasteiger partial charge >= 0.3 is 0 Å². The minimum atomic E-state index is 0.681. The van der Waals surface area contributed by atoms with Crippen molar-refractivity contribution in [3.63, 3.8) is 0 Å². The third-order valence-electron chi connectivity index (χ3n) is 4.05. The maximum absolute atomic E-state index is 5.37. The van der Waals surface area contributed by atoms with Gasteiger partial charge in [-0.05, 0) is 31.4 Å². The molecule has 0 saturated carbocycles. The van der Waals surface area contributed by atoms with Crippen molar-refractivity contribution in [3.05, 3.63) is 47.5 Å². The van der Waals surface area contributed by atoms with Crippen molar-refractivity contribution in [3.8, 4) is 0 Å². The van der Waals surface area contributed by atoms with Gasteiger partial charge in [0.15, 0.2) is 5.58 Å². The Morgan fingerprint density at radius 3 is 3.05 bits per heavy atom. The van der Waals surface area contributed by atoms with Crippen LogP contribution in [-0.2, 0) is 19.4 Å². The largest absolute Gasteiger partial charge is 0.356 e. The summed E-state index contributed by atoms with van der Waals surface area (Å²) in [5, 5.41) is 5.26. The molecule has 0 aliphatic heterocycles. The zero-order chi connectivity index (χ0) is 14.2. The van der Waals surface area contributed by atoms with Gasteiger partial charge in [-0.2, -0.15) is 0 Å². The molecule has 4 rings (SSSR count). The third-order valence-corrected chi connectivity index (χ3v) is 4.05. The van der Waals surface area contributed by atoms with Crippen molar-refractivity contribution >= 4 is 16.8 Å². The molecular formula is C16H16N4O. The quantitative estimate of drug-likeness (QED) is 0.738. The normalized spacial score (nSPS) is 13.6. The standard InChI is InChI=1S/C16H16N4O/c1-20(16-12-6-4-7-13(12)17-10-18-16)9-14-11-5-2-3-8-15(11)21-19-14/h2-3,5,8,10H,4,6-7,9H2,1H3. The number of aromatic nitrogens is 3. The molecule has 1 aliphatic carbocycles. The van der Waals surface area contributed by atoms with E-state index in [1.807, 2.05) is 31.3 Å². The van der Waals surface area contributed by atoms with Crippen LogP contribution in [0.5, 0.6) is 0 Å². The molecule has 2 aromatic heterocycles. The highest BCUT2D eigenvalue weighted by molar-refractivity contribution is 5.79. The molecule has 2 heterocycles. The number of anilines is 1. The molecule has 0 spiro atoms. The molecule has 106 valence electrons. The molecular weight excluding hydrogens is 264 g/mol. The van der Waals surface area contributed by atoms with Gasteiger partial charge in [-0.3, -0.25) is 0 Å². The number of hydrogen-bond donors (Lipinski definition) is 0.